The second-order valence-electron chi connectivity index (χ2n) is 19.2. The normalized spacial score (nSPS) is 19.8. The highest BCUT2D eigenvalue weighted by atomic mass is 33.1. The lowest BCUT2D eigenvalue weighted by Gasteiger charge is -2.28. The van der Waals surface area contributed by atoms with E-state index in [-0.39, 0.29) is 121 Å². The summed E-state index contributed by atoms with van der Waals surface area (Å²) in [7, 11) is 1.79. The number of rotatable bonds is 35. The van der Waals surface area contributed by atoms with E-state index in [0.717, 1.165) is 21.6 Å². The summed E-state index contributed by atoms with van der Waals surface area (Å²) in [6.45, 7) is 0.754. The third-order valence-corrected chi connectivity index (χ3v) is 14.6. The number of nitrogens with one attached hydrogen (secondary N) is 9. The van der Waals surface area contributed by atoms with Gasteiger partial charge in [0.15, 0.2) is 11.7 Å². The van der Waals surface area contributed by atoms with Gasteiger partial charge in [-0.05, 0) is 32.3 Å². The minimum absolute atomic E-state index is 0.0241. The topological polar surface area (TPSA) is 518 Å². The Kier molecular flexibility index (Phi) is 36.7. The van der Waals surface area contributed by atoms with E-state index in [4.69, 9.17) is 42.3 Å². The Morgan fingerprint density at radius 1 is 0.741 bits per heavy atom. The fourth-order valence-electron chi connectivity index (χ4n) is 7.62. The molecule has 20 N–H and O–H groups in total. The summed E-state index contributed by atoms with van der Waals surface area (Å²) in [5, 5.41) is 52.9. The van der Waals surface area contributed by atoms with Gasteiger partial charge in [0, 0.05) is 49.8 Å². The quantitative estimate of drug-likeness (QED) is 0.0130. The number of aliphatic hydroxyl groups excluding tert-OH is 2. The van der Waals surface area contributed by atoms with Gasteiger partial charge in [-0.2, -0.15) is 0 Å². The molecule has 0 saturated carbocycles. The maximum Gasteiger partial charge on any atom is 0.304 e. The van der Waals surface area contributed by atoms with E-state index in [9.17, 15) is 67.7 Å². The molecule has 32 nitrogen and oxygen atoms in total. The average Bonchev–Trinajstić information content (AvgIpc) is 3.56. The molecule has 0 aliphatic carbocycles. The van der Waals surface area contributed by atoms with E-state index in [0.29, 0.717) is 5.56 Å². The highest BCUT2D eigenvalue weighted by Crippen LogP contribution is 2.24. The molecule has 9 atom stereocenters. The van der Waals surface area contributed by atoms with Crippen LogP contribution in [-0.2, 0) is 78.2 Å². The molecule has 8 amide bonds. The lowest BCUT2D eigenvalue weighted by molar-refractivity contribution is -0.141. The number of benzene rings is 1. The van der Waals surface area contributed by atoms with Gasteiger partial charge in [0.1, 0.15) is 47.8 Å². The molecule has 1 heterocycles. The number of carbonyl (C=O) groups is 12. The number of ether oxygens (including phenoxy) is 3. The molecule has 1 saturated heterocycles. The van der Waals surface area contributed by atoms with Crippen LogP contribution in [0.5, 0.6) is 0 Å². The lowest BCUT2D eigenvalue weighted by Crippen LogP contribution is -2.61. The Bertz CT molecular complexity index is 2390. The van der Waals surface area contributed by atoms with Gasteiger partial charge in [-0.15, -0.1) is 0 Å². The van der Waals surface area contributed by atoms with Crippen molar-refractivity contribution >= 4 is 98.1 Å². The van der Waals surface area contributed by atoms with E-state index in [1.807, 2.05) is 0 Å². The Morgan fingerprint density at radius 3 is 2.01 bits per heavy atom. The molecule has 1 aromatic rings. The SMILES string of the molecule is C[C@@H](O)[C@H](NC(=O)[C@@H]1CSSC[C@H](NC(=O)CNC(=O)CN)C(=O)N[C@@H](CCCN=C(N)N)C(=O)N[C@@H](Cc2ccccc2)C(=O)NCC(=O)N[C@@H]([C@@H](C)O)C(=O)N1)C(=O)CNCCOCCOCCOCCC(=O)C[C@@H](CC(=O)O)C(=O)CN. The average molecular weight is 1240 g/mol. The summed E-state index contributed by atoms with van der Waals surface area (Å²) in [5.41, 5.74) is 22.2. The Morgan fingerprint density at radius 2 is 1.39 bits per heavy atom. The Hall–Kier alpha value is -6.89. The van der Waals surface area contributed by atoms with Crippen molar-refractivity contribution in [2.24, 2.45) is 33.8 Å². The molecule has 0 spiro atoms. The number of ketones is 3. The Labute approximate surface area is 498 Å². The summed E-state index contributed by atoms with van der Waals surface area (Å²) < 4.78 is 16.3. The molecule has 85 heavy (non-hydrogen) atoms. The van der Waals surface area contributed by atoms with Crippen LogP contribution in [0.2, 0.25) is 0 Å². The number of hydrogen-bond donors (Lipinski definition) is 16. The predicted octanol–water partition coefficient (Wildman–Crippen LogP) is -7.28. The fourth-order valence-corrected chi connectivity index (χ4v) is 9.95. The maximum atomic E-state index is 14.2. The van der Waals surface area contributed by atoms with Crippen molar-refractivity contribution in [3.05, 3.63) is 35.9 Å². The van der Waals surface area contributed by atoms with Crippen LogP contribution >= 0.6 is 21.6 Å². The first-order valence-electron chi connectivity index (χ1n) is 27.1. The molecular formula is C51H82N14O18S2. The van der Waals surface area contributed by atoms with Crippen LogP contribution in [-0.4, -0.2) is 237 Å². The molecule has 1 aromatic carbocycles. The number of aliphatic imine (C=N–C) groups is 1. The number of carboxylic acid groups (broad SMARTS) is 1. The molecule has 0 aromatic heterocycles. The molecule has 1 fully saturated rings. The van der Waals surface area contributed by atoms with Gasteiger partial charge in [0.05, 0.1) is 91.0 Å². The van der Waals surface area contributed by atoms with Crippen molar-refractivity contribution in [3.63, 3.8) is 0 Å². The summed E-state index contributed by atoms with van der Waals surface area (Å²) in [6, 6.07) is -0.619. The van der Waals surface area contributed by atoms with Crippen LogP contribution in [0.1, 0.15) is 51.5 Å². The van der Waals surface area contributed by atoms with Crippen molar-refractivity contribution in [1.29, 1.82) is 0 Å². The van der Waals surface area contributed by atoms with Crippen LogP contribution in [0.3, 0.4) is 0 Å². The van der Waals surface area contributed by atoms with Gasteiger partial charge in [0.25, 0.3) is 0 Å². The second-order valence-corrected chi connectivity index (χ2v) is 21.7. The number of aliphatic hydroxyl groups is 2. The van der Waals surface area contributed by atoms with Crippen LogP contribution in [0.4, 0.5) is 0 Å². The number of nitrogens with zero attached hydrogens (tertiary/aromatic N) is 1. The van der Waals surface area contributed by atoms with Crippen LogP contribution < -0.4 is 70.8 Å². The van der Waals surface area contributed by atoms with Crippen molar-refractivity contribution in [1.82, 2.24) is 47.9 Å². The molecular weight excluding hydrogens is 1160 g/mol. The van der Waals surface area contributed by atoms with E-state index in [1.165, 1.54) is 13.8 Å². The van der Waals surface area contributed by atoms with E-state index < -0.39 is 145 Å². The zero-order valence-corrected chi connectivity index (χ0v) is 49.1. The number of carboxylic acids is 1. The number of amides is 8. The summed E-state index contributed by atoms with van der Waals surface area (Å²) in [4.78, 5) is 161. The molecule has 2 rings (SSSR count). The van der Waals surface area contributed by atoms with E-state index in [1.54, 1.807) is 30.3 Å². The van der Waals surface area contributed by atoms with Gasteiger partial charge < -0.3 is 100 Å². The highest BCUT2D eigenvalue weighted by molar-refractivity contribution is 8.76. The molecule has 34 heteroatoms. The zero-order valence-electron chi connectivity index (χ0n) is 47.5. The third kappa shape index (κ3) is 31.7. The standard InChI is InChI=1S/C51H82N14O18S2/c1-29(66)44(39(70)24-56-12-14-82-16-18-83-17-15-81-13-10-33(68)20-32(21-43(74)75)38(69)22-52)65-49(79)37-28-85-84-27-36(60-41(72)25-58-40(71)23-53)48(78)61-34(9-6-11-57-51(54)55)47(77)62-35(19-31-7-4-3-5-8-31)46(76)59-26-42(73)64-45(30(2)67)50(80)63-37/h3-5,7-8,29-30,32,34-37,44-45,56,66-67H,6,9-28,52-53H2,1-2H3,(H,58,71)(H,59,76)(H,60,72)(H,61,78)(H,62,77)(H,63,80)(H,64,73)(H,65,79)(H,74,75)(H4,54,55,57)/t29-,30-,32+,34+,35+,36+,37+,44+,45+/m1/s1. The summed E-state index contributed by atoms with van der Waals surface area (Å²) in [5.74, 6) is -11.8. The molecule has 0 radical (unpaired) electrons. The molecule has 476 valence electrons. The minimum atomic E-state index is -1.74. The third-order valence-electron chi connectivity index (χ3n) is 12.1. The monoisotopic (exact) mass is 1240 g/mol. The van der Waals surface area contributed by atoms with Gasteiger partial charge in [-0.1, -0.05) is 51.9 Å². The van der Waals surface area contributed by atoms with Gasteiger partial charge in [0.2, 0.25) is 47.3 Å². The maximum absolute atomic E-state index is 14.2. The molecule has 0 bridgehead atoms. The van der Waals surface area contributed by atoms with Gasteiger partial charge in [-0.25, -0.2) is 0 Å². The predicted molar refractivity (Wildman–Crippen MR) is 309 cm³/mol. The van der Waals surface area contributed by atoms with Crippen LogP contribution in [0, 0.1) is 5.92 Å². The summed E-state index contributed by atoms with van der Waals surface area (Å²) >= 11 is 0. The molecule has 0 unspecified atom stereocenters. The molecule has 1 aliphatic heterocycles. The minimum Gasteiger partial charge on any atom is -0.481 e. The number of Topliss-reactive ketones (excluding diaryl/α,β-unsaturated/α-hetero) is 3. The molecule has 1 aliphatic rings. The number of hydrogen-bond acceptors (Lipinski definition) is 23. The van der Waals surface area contributed by atoms with E-state index in [2.05, 4.69) is 52.8 Å². The van der Waals surface area contributed by atoms with Crippen molar-refractivity contribution in [2.75, 3.05) is 97.0 Å². The van der Waals surface area contributed by atoms with Crippen molar-refractivity contribution in [3.8, 4) is 0 Å². The van der Waals surface area contributed by atoms with Gasteiger partial charge >= 0.3 is 5.97 Å². The smallest absolute Gasteiger partial charge is 0.304 e. The second kappa shape index (κ2) is 42.0. The Balaban J connectivity index is 2.23. The highest BCUT2D eigenvalue weighted by Gasteiger charge is 2.35. The largest absolute Gasteiger partial charge is 0.481 e. The van der Waals surface area contributed by atoms with Crippen LogP contribution in [0.25, 0.3) is 0 Å². The van der Waals surface area contributed by atoms with Crippen LogP contribution in [0.15, 0.2) is 35.3 Å². The zero-order chi connectivity index (χ0) is 63.3. The summed E-state index contributed by atoms with van der Waals surface area (Å²) in [6.07, 6.45) is -3.93. The van der Waals surface area contributed by atoms with Crippen molar-refractivity contribution in [2.45, 2.75) is 101 Å². The first kappa shape index (κ1) is 74.2. The van der Waals surface area contributed by atoms with E-state index >= 15 is 0 Å². The number of guanidine groups is 1. The lowest BCUT2D eigenvalue weighted by atomic mass is 9.93. The number of aliphatic carboxylic acids is 1. The fraction of sp³-hybridized carbons (Fsp3) is 0.627. The first-order valence-corrected chi connectivity index (χ1v) is 29.6. The number of nitrogens with two attached hydrogens (primary N) is 4. The van der Waals surface area contributed by atoms with Gasteiger partial charge in [-0.3, -0.25) is 62.5 Å². The van der Waals surface area contributed by atoms with Crippen molar-refractivity contribution < 1.29 is 87.1 Å². The first-order chi connectivity index (χ1) is 40.4. The number of carbonyl (C=O) groups excluding carboxylic acids is 11.